The maximum atomic E-state index is 14.3. The summed E-state index contributed by atoms with van der Waals surface area (Å²) >= 11 is 7.24. The Bertz CT molecular complexity index is 1330. The van der Waals surface area contributed by atoms with Crippen molar-refractivity contribution in [2.24, 2.45) is 18.5 Å². The molecule has 5 N–H and O–H groups in total. The molecule has 11 heteroatoms. The molecule has 0 amide bonds. The van der Waals surface area contributed by atoms with Crippen LogP contribution < -0.4 is 17.0 Å². The van der Waals surface area contributed by atoms with Gasteiger partial charge in [-0.1, -0.05) is 24.1 Å². The summed E-state index contributed by atoms with van der Waals surface area (Å²) in [5.41, 5.74) is 12.8. The van der Waals surface area contributed by atoms with Gasteiger partial charge in [-0.15, -0.1) is 11.3 Å². The van der Waals surface area contributed by atoms with Crippen LogP contribution in [-0.2, 0) is 20.0 Å². The number of nitrogens with two attached hydrogens (primary N) is 2. The molecule has 0 bridgehead atoms. The number of aromatic nitrogens is 4. The fourth-order valence-corrected chi connectivity index (χ4v) is 4.43. The molecule has 0 aromatic carbocycles. The highest BCUT2D eigenvalue weighted by Gasteiger charge is 2.20. The number of nitrogens with zero attached hydrogens (tertiary/aromatic N) is 4. The molecule has 3 rings (SSSR count). The summed E-state index contributed by atoms with van der Waals surface area (Å²) in [6.45, 7) is 3.73. The molecule has 0 fully saturated rings. The smallest absolute Gasteiger partial charge is 0.291 e. The van der Waals surface area contributed by atoms with Gasteiger partial charge in [0.05, 0.1) is 28.2 Å². The number of nitrogens with one attached hydrogen (secondary N) is 1. The van der Waals surface area contributed by atoms with Gasteiger partial charge in [-0.05, 0) is 18.9 Å². The lowest BCUT2D eigenvalue weighted by Crippen LogP contribution is -2.27. The van der Waals surface area contributed by atoms with Crippen LogP contribution in [0.5, 0.6) is 0 Å². The van der Waals surface area contributed by atoms with Gasteiger partial charge < -0.3 is 21.4 Å². The van der Waals surface area contributed by atoms with E-state index in [0.29, 0.717) is 40.0 Å². The number of allylic oxidation sites excluding steroid dienone is 4. The van der Waals surface area contributed by atoms with E-state index >= 15 is 0 Å². The molecule has 0 saturated carbocycles. The van der Waals surface area contributed by atoms with E-state index in [9.17, 15) is 9.18 Å². The maximum Gasteiger partial charge on any atom is 0.291 e. The molecule has 0 aliphatic heterocycles. The molecule has 3 heterocycles. The third-order valence-electron chi connectivity index (χ3n) is 5.12. The first kappa shape index (κ1) is 22.7. The predicted molar refractivity (Wildman–Crippen MR) is 124 cm³/mol. The zero-order valence-electron chi connectivity index (χ0n) is 17.4. The van der Waals surface area contributed by atoms with Crippen LogP contribution in [0.4, 0.5) is 4.39 Å². The molecule has 0 aliphatic rings. The van der Waals surface area contributed by atoms with Crippen LogP contribution in [-0.4, -0.2) is 25.0 Å². The second-order valence-corrected chi connectivity index (χ2v) is 8.48. The Morgan fingerprint density at radius 3 is 2.71 bits per heavy atom. The zero-order chi connectivity index (χ0) is 22.9. The van der Waals surface area contributed by atoms with Gasteiger partial charge >= 0.3 is 0 Å². The van der Waals surface area contributed by atoms with Crippen molar-refractivity contribution in [2.45, 2.75) is 33.2 Å². The predicted octanol–water partition coefficient (Wildman–Crippen LogP) is 3.44. The SMILES string of the molecule is CC/C(C)=C(Cc1nc2c(s1)c1cnn(CC(=N)/C(Cl)=C\N)c(=O)c1n2C)\C(F)=C/N. The third kappa shape index (κ3) is 4.13. The van der Waals surface area contributed by atoms with Gasteiger partial charge in [0.25, 0.3) is 5.56 Å². The van der Waals surface area contributed by atoms with Gasteiger partial charge in [0, 0.05) is 31.3 Å². The summed E-state index contributed by atoms with van der Waals surface area (Å²) in [4.78, 5) is 17.6. The molecule has 0 saturated heterocycles. The summed E-state index contributed by atoms with van der Waals surface area (Å²) in [6, 6.07) is 0. The van der Waals surface area contributed by atoms with E-state index in [1.54, 1.807) is 17.8 Å². The molecule has 0 unspecified atom stereocenters. The minimum atomic E-state index is -0.458. The van der Waals surface area contributed by atoms with Gasteiger partial charge in [0.1, 0.15) is 16.4 Å². The van der Waals surface area contributed by atoms with Crippen molar-refractivity contribution >= 4 is 49.9 Å². The summed E-state index contributed by atoms with van der Waals surface area (Å²) < 4.78 is 17.9. The van der Waals surface area contributed by atoms with E-state index in [4.69, 9.17) is 28.5 Å². The minimum absolute atomic E-state index is 0.0184. The Labute approximate surface area is 186 Å². The molecule has 3 aromatic heterocycles. The Morgan fingerprint density at radius 2 is 2.10 bits per heavy atom. The largest absolute Gasteiger partial charge is 0.403 e. The van der Waals surface area contributed by atoms with Gasteiger partial charge in [0.15, 0.2) is 5.65 Å². The molecule has 0 radical (unpaired) electrons. The van der Waals surface area contributed by atoms with Crippen molar-refractivity contribution in [1.29, 1.82) is 5.41 Å². The molecule has 164 valence electrons. The monoisotopic (exact) mass is 463 g/mol. The molecular weight excluding hydrogens is 441 g/mol. The summed E-state index contributed by atoms with van der Waals surface area (Å²) in [6.07, 6.45) is 4.65. The Hall–Kier alpha value is -2.98. The zero-order valence-corrected chi connectivity index (χ0v) is 18.9. The van der Waals surface area contributed by atoms with Crippen molar-refractivity contribution in [1.82, 2.24) is 19.3 Å². The molecule has 3 aromatic rings. The number of rotatable bonds is 7. The van der Waals surface area contributed by atoms with Crippen molar-refractivity contribution in [3.8, 4) is 0 Å². The molecule has 0 spiro atoms. The van der Waals surface area contributed by atoms with E-state index < -0.39 is 5.83 Å². The number of hydrogen-bond acceptors (Lipinski definition) is 7. The third-order valence-corrected chi connectivity index (χ3v) is 6.55. The summed E-state index contributed by atoms with van der Waals surface area (Å²) in [5, 5.41) is 13.5. The average molecular weight is 464 g/mol. The summed E-state index contributed by atoms with van der Waals surface area (Å²) in [5.74, 6) is -0.458. The Kier molecular flexibility index (Phi) is 6.61. The van der Waals surface area contributed by atoms with Crippen LogP contribution >= 0.6 is 22.9 Å². The van der Waals surface area contributed by atoms with Crippen molar-refractivity contribution < 1.29 is 4.39 Å². The molecule has 8 nitrogen and oxygen atoms in total. The van der Waals surface area contributed by atoms with Crippen LogP contribution in [0.15, 0.2) is 45.4 Å². The second kappa shape index (κ2) is 9.03. The van der Waals surface area contributed by atoms with Gasteiger partial charge in [-0.3, -0.25) is 4.79 Å². The van der Waals surface area contributed by atoms with Crippen molar-refractivity contribution in [3.63, 3.8) is 0 Å². The number of fused-ring (bicyclic) bond motifs is 3. The van der Waals surface area contributed by atoms with Gasteiger partial charge in [-0.2, -0.15) is 5.10 Å². The first-order valence-electron chi connectivity index (χ1n) is 9.48. The lowest BCUT2D eigenvalue weighted by molar-refractivity contribution is 0.636. The fraction of sp³-hybridized carbons (Fsp3) is 0.300. The lowest BCUT2D eigenvalue weighted by Gasteiger charge is -2.08. The van der Waals surface area contributed by atoms with E-state index in [1.807, 2.05) is 13.8 Å². The number of hydrogen-bond donors (Lipinski definition) is 3. The normalized spacial score (nSPS) is 13.8. The highest BCUT2D eigenvalue weighted by Crippen LogP contribution is 2.33. The topological polar surface area (TPSA) is 129 Å². The van der Waals surface area contributed by atoms with Crippen LogP contribution in [0.25, 0.3) is 21.3 Å². The molecule has 0 atom stereocenters. The Balaban J connectivity index is 2.08. The van der Waals surface area contributed by atoms with Crippen LogP contribution in [0.3, 0.4) is 0 Å². The van der Waals surface area contributed by atoms with E-state index in [1.165, 1.54) is 11.3 Å². The standard InChI is InChI=1S/C20H23ClFN7OS/c1-4-10(2)11(14(22)7-24)5-16-27-19-18(31-16)12-8-26-29(9-15(25)13(21)6-23)20(30)17(12)28(19)3/h6-8,25H,4-5,9,23-24H2,1-3H3/b11-10-,13-6+,14-7+,25-15?. The number of halogens is 2. The summed E-state index contributed by atoms with van der Waals surface area (Å²) in [7, 11) is 1.74. The van der Waals surface area contributed by atoms with Crippen LogP contribution in [0, 0.1) is 5.41 Å². The van der Waals surface area contributed by atoms with Gasteiger partial charge in [0.2, 0.25) is 0 Å². The molecule has 0 aliphatic carbocycles. The van der Waals surface area contributed by atoms with Crippen LogP contribution in [0.1, 0.15) is 25.3 Å². The maximum absolute atomic E-state index is 14.3. The lowest BCUT2D eigenvalue weighted by atomic mass is 10.0. The molecular formula is C20H23ClFN7OS. The number of aryl methyl sites for hydroxylation is 1. The van der Waals surface area contributed by atoms with Crippen LogP contribution in [0.2, 0.25) is 0 Å². The molecule has 31 heavy (non-hydrogen) atoms. The first-order valence-corrected chi connectivity index (χ1v) is 10.7. The van der Waals surface area contributed by atoms with Gasteiger partial charge in [-0.25, -0.2) is 14.1 Å². The second-order valence-electron chi connectivity index (χ2n) is 6.99. The quantitative estimate of drug-likeness (QED) is 0.365. The highest BCUT2D eigenvalue weighted by molar-refractivity contribution is 7.19. The Morgan fingerprint density at radius 1 is 1.39 bits per heavy atom. The average Bonchev–Trinajstić information content (AvgIpc) is 3.30. The van der Waals surface area contributed by atoms with Crippen molar-refractivity contribution in [3.05, 3.63) is 56.0 Å². The first-order chi connectivity index (χ1) is 14.7. The number of thiazole rings is 1. The minimum Gasteiger partial charge on any atom is -0.403 e. The highest BCUT2D eigenvalue weighted by atomic mass is 35.5. The van der Waals surface area contributed by atoms with E-state index in [0.717, 1.165) is 27.4 Å². The fourth-order valence-electron chi connectivity index (χ4n) is 3.25. The van der Waals surface area contributed by atoms with E-state index in [2.05, 4.69) is 10.1 Å². The van der Waals surface area contributed by atoms with Crippen molar-refractivity contribution in [2.75, 3.05) is 0 Å². The van der Waals surface area contributed by atoms with E-state index in [-0.39, 0.29) is 22.8 Å².